The van der Waals surface area contributed by atoms with Crippen LogP contribution in [0.5, 0.6) is 0 Å². The average Bonchev–Trinajstić information content (AvgIpc) is 3.24. The van der Waals surface area contributed by atoms with E-state index in [-0.39, 0.29) is 30.3 Å². The Balaban J connectivity index is 1.78. The summed E-state index contributed by atoms with van der Waals surface area (Å²) in [5.74, 6) is -0.748. The number of benzene rings is 2. The van der Waals surface area contributed by atoms with Crippen LogP contribution in [0.3, 0.4) is 0 Å². The Kier molecular flexibility index (Phi) is 7.36. The van der Waals surface area contributed by atoms with E-state index >= 15 is 0 Å². The van der Waals surface area contributed by atoms with Gasteiger partial charge in [-0.1, -0.05) is 42.5 Å². The molecule has 0 aromatic heterocycles. The summed E-state index contributed by atoms with van der Waals surface area (Å²) < 4.78 is 18.8. The third-order valence-electron chi connectivity index (χ3n) is 5.15. The van der Waals surface area contributed by atoms with Crippen LogP contribution < -0.4 is 5.32 Å². The third-order valence-corrected chi connectivity index (χ3v) is 5.15. The van der Waals surface area contributed by atoms with Gasteiger partial charge in [-0.15, -0.1) is 0 Å². The van der Waals surface area contributed by atoms with Gasteiger partial charge in [-0.3, -0.25) is 9.59 Å². The molecular formula is C23H27FN2O3. The molecule has 0 bridgehead atoms. The van der Waals surface area contributed by atoms with Crippen LogP contribution >= 0.6 is 0 Å². The maximum Gasteiger partial charge on any atom is 0.243 e. The van der Waals surface area contributed by atoms with Gasteiger partial charge in [0.25, 0.3) is 0 Å². The van der Waals surface area contributed by atoms with Crippen LogP contribution in [0, 0.1) is 5.82 Å². The second-order valence-electron chi connectivity index (χ2n) is 7.36. The van der Waals surface area contributed by atoms with Crippen molar-refractivity contribution >= 4 is 11.8 Å². The molecule has 2 atom stereocenters. The van der Waals surface area contributed by atoms with Gasteiger partial charge in [-0.25, -0.2) is 4.39 Å². The number of amides is 2. The number of halogens is 1. The van der Waals surface area contributed by atoms with Gasteiger partial charge in [0.2, 0.25) is 11.8 Å². The first-order valence-electron chi connectivity index (χ1n) is 9.98. The zero-order chi connectivity index (χ0) is 20.6. The van der Waals surface area contributed by atoms with Crippen molar-refractivity contribution in [3.8, 4) is 0 Å². The topological polar surface area (TPSA) is 58.6 Å². The predicted octanol–water partition coefficient (Wildman–Crippen LogP) is 3.08. The molecule has 0 unspecified atom stereocenters. The number of hydrogen-bond donors (Lipinski definition) is 1. The molecular weight excluding hydrogens is 371 g/mol. The number of carbonyl (C=O) groups excluding carboxylic acids is 2. The average molecular weight is 398 g/mol. The number of nitrogens with zero attached hydrogens (tertiary/aromatic N) is 1. The molecule has 6 heteroatoms. The lowest BCUT2D eigenvalue weighted by Crippen LogP contribution is -2.51. The van der Waals surface area contributed by atoms with E-state index < -0.39 is 6.04 Å². The van der Waals surface area contributed by atoms with E-state index in [4.69, 9.17) is 4.74 Å². The number of nitrogens with one attached hydrogen (secondary N) is 1. The largest absolute Gasteiger partial charge is 0.376 e. The van der Waals surface area contributed by atoms with Crippen molar-refractivity contribution in [3.05, 3.63) is 71.5 Å². The molecule has 0 aliphatic carbocycles. The summed E-state index contributed by atoms with van der Waals surface area (Å²) in [5.41, 5.74) is 1.74. The monoisotopic (exact) mass is 398 g/mol. The number of hydrogen-bond acceptors (Lipinski definition) is 3. The van der Waals surface area contributed by atoms with Crippen LogP contribution in [0.1, 0.15) is 30.9 Å². The second-order valence-corrected chi connectivity index (χ2v) is 7.36. The highest BCUT2D eigenvalue weighted by Crippen LogP contribution is 2.16. The van der Waals surface area contributed by atoms with Gasteiger partial charge in [-0.05, 0) is 36.1 Å². The van der Waals surface area contributed by atoms with Gasteiger partial charge < -0.3 is 15.0 Å². The van der Waals surface area contributed by atoms with Crippen LogP contribution in [-0.4, -0.2) is 42.0 Å². The summed E-state index contributed by atoms with van der Waals surface area (Å²) in [6.07, 6.45) is 2.35. The molecule has 2 aromatic carbocycles. The van der Waals surface area contributed by atoms with Crippen LogP contribution in [0.25, 0.3) is 0 Å². The molecule has 5 nitrogen and oxygen atoms in total. The predicted molar refractivity (Wildman–Crippen MR) is 109 cm³/mol. The molecule has 0 radical (unpaired) electrons. The quantitative estimate of drug-likeness (QED) is 0.744. The zero-order valence-electron chi connectivity index (χ0n) is 16.6. The lowest BCUT2D eigenvalue weighted by atomic mass is 10.0. The molecule has 0 spiro atoms. The highest BCUT2D eigenvalue weighted by molar-refractivity contribution is 5.87. The summed E-state index contributed by atoms with van der Waals surface area (Å²) in [6.45, 7) is 2.85. The molecule has 1 fully saturated rings. The standard InChI is InChI=1S/C23H27FN2O3/c1-17(27)26(16-19-9-11-20(24)12-10-19)22(14-18-6-3-2-4-7-18)23(28)25-15-21-8-5-13-29-21/h2-4,6-7,9-12,21-22H,5,8,13-16H2,1H3,(H,25,28)/t21-,22-/m1/s1. The minimum absolute atomic E-state index is 0.0270. The van der Waals surface area contributed by atoms with Crippen molar-refractivity contribution in [2.45, 2.75) is 44.9 Å². The summed E-state index contributed by atoms with van der Waals surface area (Å²) in [4.78, 5) is 27.1. The number of ether oxygens (including phenoxy) is 1. The summed E-state index contributed by atoms with van der Waals surface area (Å²) in [7, 11) is 0. The van der Waals surface area contributed by atoms with Crippen LogP contribution in [0.2, 0.25) is 0 Å². The first kappa shape index (κ1) is 21.0. The van der Waals surface area contributed by atoms with E-state index in [1.807, 2.05) is 30.3 Å². The lowest BCUT2D eigenvalue weighted by Gasteiger charge is -2.31. The molecule has 1 aliphatic rings. The molecule has 154 valence electrons. The SMILES string of the molecule is CC(=O)N(Cc1ccc(F)cc1)[C@H](Cc1ccccc1)C(=O)NC[C@H]1CCCO1. The highest BCUT2D eigenvalue weighted by atomic mass is 19.1. The number of carbonyl (C=O) groups is 2. The zero-order valence-corrected chi connectivity index (χ0v) is 16.6. The maximum atomic E-state index is 13.2. The van der Waals surface area contributed by atoms with Gasteiger partial charge in [0.1, 0.15) is 11.9 Å². The second kappa shape index (κ2) is 10.2. The fourth-order valence-corrected chi connectivity index (χ4v) is 3.55. The molecule has 2 amide bonds. The van der Waals surface area contributed by atoms with E-state index in [2.05, 4.69) is 5.32 Å². The van der Waals surface area contributed by atoms with Crippen LogP contribution in [0.4, 0.5) is 4.39 Å². The van der Waals surface area contributed by atoms with E-state index in [1.54, 1.807) is 17.0 Å². The fourth-order valence-electron chi connectivity index (χ4n) is 3.55. The molecule has 3 rings (SSSR count). The highest BCUT2D eigenvalue weighted by Gasteiger charge is 2.29. The van der Waals surface area contributed by atoms with Crippen molar-refractivity contribution < 1.29 is 18.7 Å². The summed E-state index contributed by atoms with van der Waals surface area (Å²) in [5, 5.41) is 2.96. The smallest absolute Gasteiger partial charge is 0.243 e. The van der Waals surface area contributed by atoms with Crippen LogP contribution in [-0.2, 0) is 27.3 Å². The molecule has 0 saturated carbocycles. The molecule has 1 heterocycles. The Morgan fingerprint density at radius 1 is 1.14 bits per heavy atom. The molecule has 1 aliphatic heterocycles. The van der Waals surface area contributed by atoms with E-state index in [1.165, 1.54) is 19.1 Å². The Labute approximate surface area is 170 Å². The molecule has 2 aromatic rings. The van der Waals surface area contributed by atoms with Gasteiger partial charge in [-0.2, -0.15) is 0 Å². The Hall–Kier alpha value is -2.73. The van der Waals surface area contributed by atoms with Gasteiger partial charge in [0.15, 0.2) is 0 Å². The van der Waals surface area contributed by atoms with E-state index in [0.29, 0.717) is 13.0 Å². The third kappa shape index (κ3) is 6.12. The molecule has 1 saturated heterocycles. The first-order chi connectivity index (χ1) is 14.0. The van der Waals surface area contributed by atoms with Gasteiger partial charge >= 0.3 is 0 Å². The van der Waals surface area contributed by atoms with Gasteiger partial charge in [0.05, 0.1) is 6.10 Å². The van der Waals surface area contributed by atoms with Crippen molar-refractivity contribution in [2.24, 2.45) is 0 Å². The van der Waals surface area contributed by atoms with Crippen molar-refractivity contribution in [3.63, 3.8) is 0 Å². The molecule has 1 N–H and O–H groups in total. The van der Waals surface area contributed by atoms with E-state index in [0.717, 1.165) is 30.6 Å². The number of rotatable bonds is 8. The Bertz CT molecular complexity index is 805. The van der Waals surface area contributed by atoms with E-state index in [9.17, 15) is 14.0 Å². The Morgan fingerprint density at radius 3 is 2.48 bits per heavy atom. The van der Waals surface area contributed by atoms with Crippen molar-refractivity contribution in [2.75, 3.05) is 13.2 Å². The summed E-state index contributed by atoms with van der Waals surface area (Å²) >= 11 is 0. The van der Waals surface area contributed by atoms with Crippen molar-refractivity contribution in [1.29, 1.82) is 0 Å². The van der Waals surface area contributed by atoms with Crippen molar-refractivity contribution in [1.82, 2.24) is 10.2 Å². The van der Waals surface area contributed by atoms with Gasteiger partial charge in [0, 0.05) is 33.0 Å². The summed E-state index contributed by atoms with van der Waals surface area (Å²) in [6, 6.07) is 14.9. The minimum atomic E-state index is -0.665. The lowest BCUT2D eigenvalue weighted by molar-refractivity contribution is -0.139. The Morgan fingerprint density at radius 2 is 1.86 bits per heavy atom. The molecule has 29 heavy (non-hydrogen) atoms. The minimum Gasteiger partial charge on any atom is -0.376 e. The maximum absolute atomic E-state index is 13.2. The fraction of sp³-hybridized carbons (Fsp3) is 0.391. The normalized spacial score (nSPS) is 17.0. The first-order valence-corrected chi connectivity index (χ1v) is 9.98. The van der Waals surface area contributed by atoms with Crippen LogP contribution in [0.15, 0.2) is 54.6 Å².